The van der Waals surface area contributed by atoms with E-state index in [9.17, 15) is 9.59 Å². The van der Waals surface area contributed by atoms with Gasteiger partial charge in [-0.3, -0.25) is 9.59 Å². The van der Waals surface area contributed by atoms with Crippen LogP contribution in [0.2, 0.25) is 0 Å². The molecule has 166 valence electrons. The predicted octanol–water partition coefficient (Wildman–Crippen LogP) is 6.99. The van der Waals surface area contributed by atoms with Crippen molar-refractivity contribution in [1.29, 1.82) is 0 Å². The van der Waals surface area contributed by atoms with E-state index in [2.05, 4.69) is 6.92 Å². The Bertz CT molecular complexity index is 368. The SMILES string of the molecule is CCCOC(=O)CCCCCCCCCCCCC(CC)CC(=O)OCCC. The highest BCUT2D eigenvalue weighted by molar-refractivity contribution is 5.69. The van der Waals surface area contributed by atoms with Crippen LogP contribution >= 0.6 is 0 Å². The summed E-state index contributed by atoms with van der Waals surface area (Å²) >= 11 is 0. The summed E-state index contributed by atoms with van der Waals surface area (Å²) in [4.78, 5) is 23.1. The second kappa shape index (κ2) is 20.7. The highest BCUT2D eigenvalue weighted by atomic mass is 16.5. The van der Waals surface area contributed by atoms with Gasteiger partial charge in [0.15, 0.2) is 0 Å². The summed E-state index contributed by atoms with van der Waals surface area (Å²) in [6, 6.07) is 0. The number of hydrogen-bond donors (Lipinski definition) is 0. The molecular weight excluding hydrogens is 352 g/mol. The van der Waals surface area contributed by atoms with Gasteiger partial charge in [-0.15, -0.1) is 0 Å². The number of carbonyl (C=O) groups is 2. The van der Waals surface area contributed by atoms with Gasteiger partial charge in [-0.05, 0) is 31.6 Å². The summed E-state index contributed by atoms with van der Waals surface area (Å²) in [5, 5.41) is 0. The van der Waals surface area contributed by atoms with E-state index >= 15 is 0 Å². The lowest BCUT2D eigenvalue weighted by Crippen LogP contribution is -2.11. The van der Waals surface area contributed by atoms with Gasteiger partial charge in [-0.25, -0.2) is 0 Å². The Kier molecular flexibility index (Phi) is 19.9. The molecule has 0 bridgehead atoms. The number of ether oxygens (including phenoxy) is 2. The summed E-state index contributed by atoms with van der Waals surface area (Å²) in [6.07, 6.45) is 17.6. The fraction of sp³-hybridized carbons (Fsp3) is 0.917. The fourth-order valence-corrected chi connectivity index (χ4v) is 3.37. The zero-order valence-electron chi connectivity index (χ0n) is 18.9. The number of hydrogen-bond acceptors (Lipinski definition) is 4. The van der Waals surface area contributed by atoms with Crippen molar-refractivity contribution in [1.82, 2.24) is 0 Å². The molecule has 4 nitrogen and oxygen atoms in total. The zero-order valence-corrected chi connectivity index (χ0v) is 18.9. The number of carbonyl (C=O) groups excluding carboxylic acids is 2. The number of rotatable bonds is 20. The van der Waals surface area contributed by atoms with E-state index in [1.54, 1.807) is 0 Å². The maximum absolute atomic E-state index is 11.7. The first kappa shape index (κ1) is 26.9. The first-order chi connectivity index (χ1) is 13.6. The van der Waals surface area contributed by atoms with Crippen molar-refractivity contribution in [3.8, 4) is 0 Å². The molecule has 1 atom stereocenters. The molecule has 0 amide bonds. The maximum atomic E-state index is 11.7. The topological polar surface area (TPSA) is 52.6 Å². The largest absolute Gasteiger partial charge is 0.466 e. The lowest BCUT2D eigenvalue weighted by atomic mass is 9.95. The van der Waals surface area contributed by atoms with Crippen molar-refractivity contribution >= 4 is 11.9 Å². The summed E-state index contributed by atoms with van der Waals surface area (Å²) in [5.74, 6) is 0.431. The van der Waals surface area contributed by atoms with Crippen molar-refractivity contribution in [2.75, 3.05) is 13.2 Å². The standard InChI is InChI=1S/C24H46O4/c1-4-19-27-23(25)18-16-14-12-10-8-7-9-11-13-15-17-22(6-3)21-24(26)28-20-5-2/h22H,4-21H2,1-3H3. The molecule has 0 saturated heterocycles. The molecule has 0 saturated carbocycles. The molecule has 0 aliphatic heterocycles. The molecule has 0 radical (unpaired) electrons. The molecule has 0 rings (SSSR count). The van der Waals surface area contributed by atoms with Crippen LogP contribution in [0.15, 0.2) is 0 Å². The van der Waals surface area contributed by atoms with Crippen LogP contribution in [0.1, 0.15) is 124 Å². The fourth-order valence-electron chi connectivity index (χ4n) is 3.37. The van der Waals surface area contributed by atoms with Gasteiger partial charge in [0.1, 0.15) is 0 Å². The summed E-state index contributed by atoms with van der Waals surface area (Å²) in [5.41, 5.74) is 0. The van der Waals surface area contributed by atoms with Gasteiger partial charge >= 0.3 is 11.9 Å². The Morgan fingerprint density at radius 1 is 0.643 bits per heavy atom. The highest BCUT2D eigenvalue weighted by Gasteiger charge is 2.12. The Balaban J connectivity index is 3.38. The second-order valence-corrected chi connectivity index (χ2v) is 7.99. The number of unbranched alkanes of at least 4 members (excludes halogenated alkanes) is 9. The summed E-state index contributed by atoms with van der Waals surface area (Å²) < 4.78 is 10.3. The Hall–Kier alpha value is -1.06. The zero-order chi connectivity index (χ0) is 20.9. The van der Waals surface area contributed by atoms with E-state index in [1.165, 1.54) is 51.4 Å². The van der Waals surface area contributed by atoms with Gasteiger partial charge < -0.3 is 9.47 Å². The highest BCUT2D eigenvalue weighted by Crippen LogP contribution is 2.19. The number of esters is 2. The molecular formula is C24H46O4. The summed E-state index contributed by atoms with van der Waals surface area (Å²) in [6.45, 7) is 7.33. The van der Waals surface area contributed by atoms with Crippen molar-refractivity contribution in [3.63, 3.8) is 0 Å². The molecule has 28 heavy (non-hydrogen) atoms. The molecule has 0 aliphatic rings. The third-order valence-electron chi connectivity index (χ3n) is 5.21. The van der Waals surface area contributed by atoms with Gasteiger partial charge in [0.2, 0.25) is 0 Å². The molecule has 0 aliphatic carbocycles. The van der Waals surface area contributed by atoms with Crippen molar-refractivity contribution in [2.24, 2.45) is 5.92 Å². The molecule has 0 aromatic heterocycles. The Morgan fingerprint density at radius 3 is 1.61 bits per heavy atom. The molecule has 0 N–H and O–H groups in total. The monoisotopic (exact) mass is 398 g/mol. The first-order valence-corrected chi connectivity index (χ1v) is 11.9. The van der Waals surface area contributed by atoms with Crippen molar-refractivity contribution < 1.29 is 19.1 Å². The Labute approximate surface area is 174 Å². The maximum Gasteiger partial charge on any atom is 0.306 e. The Morgan fingerprint density at radius 2 is 1.11 bits per heavy atom. The van der Waals surface area contributed by atoms with Crippen LogP contribution in [0.3, 0.4) is 0 Å². The van der Waals surface area contributed by atoms with E-state index in [1.807, 2.05) is 13.8 Å². The third-order valence-corrected chi connectivity index (χ3v) is 5.21. The van der Waals surface area contributed by atoms with Crippen molar-refractivity contribution in [3.05, 3.63) is 0 Å². The van der Waals surface area contributed by atoms with Gasteiger partial charge in [0.25, 0.3) is 0 Å². The quantitative estimate of drug-likeness (QED) is 0.164. The predicted molar refractivity (Wildman–Crippen MR) is 116 cm³/mol. The van der Waals surface area contributed by atoms with E-state index in [4.69, 9.17) is 9.47 Å². The van der Waals surface area contributed by atoms with E-state index in [0.717, 1.165) is 38.5 Å². The van der Waals surface area contributed by atoms with Crippen LogP contribution in [-0.2, 0) is 19.1 Å². The normalized spacial score (nSPS) is 12.0. The van der Waals surface area contributed by atoms with E-state index in [-0.39, 0.29) is 11.9 Å². The molecule has 0 aromatic carbocycles. The van der Waals surface area contributed by atoms with Crippen LogP contribution < -0.4 is 0 Å². The minimum absolute atomic E-state index is 0.0217. The lowest BCUT2D eigenvalue weighted by Gasteiger charge is -2.13. The van der Waals surface area contributed by atoms with Gasteiger partial charge in [0.05, 0.1) is 13.2 Å². The van der Waals surface area contributed by atoms with Crippen LogP contribution in [-0.4, -0.2) is 25.2 Å². The van der Waals surface area contributed by atoms with Crippen LogP contribution in [0.5, 0.6) is 0 Å². The smallest absolute Gasteiger partial charge is 0.306 e. The molecule has 0 heterocycles. The molecule has 0 spiro atoms. The molecule has 1 unspecified atom stereocenters. The van der Waals surface area contributed by atoms with Crippen molar-refractivity contribution in [2.45, 2.75) is 124 Å². The van der Waals surface area contributed by atoms with Crippen LogP contribution in [0.25, 0.3) is 0 Å². The van der Waals surface area contributed by atoms with E-state index in [0.29, 0.717) is 32.0 Å². The average Bonchev–Trinajstić information content (AvgIpc) is 2.70. The van der Waals surface area contributed by atoms with Crippen LogP contribution in [0, 0.1) is 5.92 Å². The molecule has 0 fully saturated rings. The third kappa shape index (κ3) is 18.3. The molecule has 0 aromatic rings. The second-order valence-electron chi connectivity index (χ2n) is 7.99. The lowest BCUT2D eigenvalue weighted by molar-refractivity contribution is -0.145. The average molecular weight is 399 g/mol. The first-order valence-electron chi connectivity index (χ1n) is 11.9. The molecule has 4 heteroatoms. The van der Waals surface area contributed by atoms with E-state index < -0.39 is 0 Å². The minimum Gasteiger partial charge on any atom is -0.466 e. The summed E-state index contributed by atoms with van der Waals surface area (Å²) in [7, 11) is 0. The van der Waals surface area contributed by atoms with Crippen LogP contribution in [0.4, 0.5) is 0 Å². The van der Waals surface area contributed by atoms with Gasteiger partial charge in [0, 0.05) is 12.8 Å². The minimum atomic E-state index is -0.0370. The van der Waals surface area contributed by atoms with Gasteiger partial charge in [-0.1, -0.05) is 85.0 Å². The van der Waals surface area contributed by atoms with Gasteiger partial charge in [-0.2, -0.15) is 0 Å².